The molecule has 1 atom stereocenters. The summed E-state index contributed by atoms with van der Waals surface area (Å²) in [5.41, 5.74) is 8.22. The lowest BCUT2D eigenvalue weighted by Gasteiger charge is -2.08. The van der Waals surface area contributed by atoms with Crippen molar-refractivity contribution in [3.05, 3.63) is 67.8 Å². The van der Waals surface area contributed by atoms with Gasteiger partial charge >= 0.3 is 0 Å². The monoisotopic (exact) mass is 331 g/mol. The first-order chi connectivity index (χ1) is 10.6. The Morgan fingerprint density at radius 1 is 1.23 bits per heavy atom. The van der Waals surface area contributed by atoms with E-state index < -0.39 is 4.92 Å². The Labute approximate surface area is 135 Å². The Morgan fingerprint density at radius 2 is 2.00 bits per heavy atom. The standard InChI is InChI=1S/C15H13N3O2S2/c16-12(8-10-3-5-11(6-4-10)18(19)20)15-17-13(9-22-15)14-2-1-7-21-14/h1-7,9,12H,8,16H2. The molecule has 0 aliphatic heterocycles. The van der Waals surface area contributed by atoms with E-state index in [-0.39, 0.29) is 11.7 Å². The van der Waals surface area contributed by atoms with Gasteiger partial charge in [0.25, 0.3) is 5.69 Å². The zero-order valence-corrected chi connectivity index (χ0v) is 13.1. The molecule has 112 valence electrons. The van der Waals surface area contributed by atoms with Crippen molar-refractivity contribution in [2.24, 2.45) is 5.73 Å². The van der Waals surface area contributed by atoms with Crippen LogP contribution in [-0.4, -0.2) is 9.91 Å². The maximum atomic E-state index is 10.6. The van der Waals surface area contributed by atoms with Gasteiger partial charge in [0.2, 0.25) is 0 Å². The molecule has 5 nitrogen and oxygen atoms in total. The van der Waals surface area contributed by atoms with Gasteiger partial charge in [-0.2, -0.15) is 0 Å². The minimum Gasteiger partial charge on any atom is -0.322 e. The van der Waals surface area contributed by atoms with Crippen LogP contribution in [0.1, 0.15) is 16.6 Å². The number of hydrogen-bond donors (Lipinski definition) is 1. The molecule has 22 heavy (non-hydrogen) atoms. The maximum absolute atomic E-state index is 10.6. The van der Waals surface area contributed by atoms with Crippen LogP contribution in [0, 0.1) is 10.1 Å². The van der Waals surface area contributed by atoms with Crippen LogP contribution >= 0.6 is 22.7 Å². The second-order valence-corrected chi connectivity index (χ2v) is 6.62. The summed E-state index contributed by atoms with van der Waals surface area (Å²) in [7, 11) is 0. The molecule has 0 spiro atoms. The van der Waals surface area contributed by atoms with Crippen LogP contribution < -0.4 is 5.73 Å². The molecule has 1 aromatic carbocycles. The summed E-state index contributed by atoms with van der Waals surface area (Å²) < 4.78 is 0. The summed E-state index contributed by atoms with van der Waals surface area (Å²) in [5, 5.41) is 15.6. The van der Waals surface area contributed by atoms with Gasteiger partial charge in [-0.05, 0) is 23.4 Å². The molecule has 7 heteroatoms. The minimum absolute atomic E-state index is 0.0894. The van der Waals surface area contributed by atoms with Crippen LogP contribution in [-0.2, 0) is 6.42 Å². The molecular weight excluding hydrogens is 318 g/mol. The number of nitrogens with two attached hydrogens (primary N) is 1. The summed E-state index contributed by atoms with van der Waals surface area (Å²) >= 11 is 3.19. The largest absolute Gasteiger partial charge is 0.322 e. The molecule has 3 aromatic rings. The number of hydrogen-bond acceptors (Lipinski definition) is 6. The van der Waals surface area contributed by atoms with E-state index in [9.17, 15) is 10.1 Å². The number of aromatic nitrogens is 1. The Bertz CT molecular complexity index is 766. The number of nitro benzene ring substituents is 1. The van der Waals surface area contributed by atoms with Crippen molar-refractivity contribution >= 4 is 28.4 Å². The quantitative estimate of drug-likeness (QED) is 0.565. The lowest BCUT2D eigenvalue weighted by molar-refractivity contribution is -0.384. The maximum Gasteiger partial charge on any atom is 0.269 e. The van der Waals surface area contributed by atoms with Crippen molar-refractivity contribution in [2.75, 3.05) is 0 Å². The number of rotatable bonds is 5. The van der Waals surface area contributed by atoms with Crippen molar-refractivity contribution in [3.8, 4) is 10.6 Å². The fourth-order valence-corrected chi connectivity index (χ4v) is 3.67. The van der Waals surface area contributed by atoms with E-state index in [4.69, 9.17) is 5.73 Å². The first kappa shape index (κ1) is 14.8. The van der Waals surface area contributed by atoms with Gasteiger partial charge in [-0.3, -0.25) is 10.1 Å². The fourth-order valence-electron chi connectivity index (χ4n) is 2.09. The highest BCUT2D eigenvalue weighted by molar-refractivity contribution is 7.14. The first-order valence-corrected chi connectivity index (χ1v) is 8.37. The molecule has 1 unspecified atom stereocenters. The van der Waals surface area contributed by atoms with Crippen LogP contribution in [0.25, 0.3) is 10.6 Å². The number of thiophene rings is 1. The Morgan fingerprint density at radius 3 is 2.64 bits per heavy atom. The van der Waals surface area contributed by atoms with E-state index in [1.165, 1.54) is 12.1 Å². The van der Waals surface area contributed by atoms with Gasteiger partial charge in [0.1, 0.15) is 5.01 Å². The average Bonchev–Trinajstić information content (AvgIpc) is 3.19. The molecule has 0 aliphatic rings. The van der Waals surface area contributed by atoms with Gasteiger partial charge in [-0.25, -0.2) is 4.98 Å². The van der Waals surface area contributed by atoms with Crippen molar-refractivity contribution in [3.63, 3.8) is 0 Å². The zero-order valence-electron chi connectivity index (χ0n) is 11.5. The minimum atomic E-state index is -0.405. The van der Waals surface area contributed by atoms with E-state index in [0.717, 1.165) is 21.1 Å². The van der Waals surface area contributed by atoms with Gasteiger partial charge in [-0.15, -0.1) is 22.7 Å². The Kier molecular flexibility index (Phi) is 4.28. The average molecular weight is 331 g/mol. The van der Waals surface area contributed by atoms with Gasteiger partial charge in [0.15, 0.2) is 0 Å². The molecule has 0 saturated heterocycles. The number of benzene rings is 1. The number of nitro groups is 1. The highest BCUT2D eigenvalue weighted by Gasteiger charge is 2.14. The van der Waals surface area contributed by atoms with Crippen LogP contribution in [0.2, 0.25) is 0 Å². The van der Waals surface area contributed by atoms with E-state index in [1.54, 1.807) is 34.8 Å². The molecule has 0 amide bonds. The number of thiazole rings is 1. The predicted molar refractivity (Wildman–Crippen MR) is 89.2 cm³/mol. The van der Waals surface area contributed by atoms with E-state index in [0.29, 0.717) is 6.42 Å². The third kappa shape index (κ3) is 3.22. The molecule has 0 fully saturated rings. The molecule has 2 aromatic heterocycles. The molecule has 0 aliphatic carbocycles. The van der Waals surface area contributed by atoms with E-state index in [2.05, 4.69) is 4.98 Å². The lowest BCUT2D eigenvalue weighted by Crippen LogP contribution is -2.13. The Balaban J connectivity index is 1.71. The molecule has 2 N–H and O–H groups in total. The van der Waals surface area contributed by atoms with Gasteiger partial charge in [-0.1, -0.05) is 18.2 Å². The van der Waals surface area contributed by atoms with Crippen molar-refractivity contribution in [1.82, 2.24) is 4.98 Å². The number of nitrogens with zero attached hydrogens (tertiary/aromatic N) is 2. The summed E-state index contributed by atoms with van der Waals surface area (Å²) in [6.45, 7) is 0. The van der Waals surface area contributed by atoms with E-state index in [1.807, 2.05) is 22.9 Å². The van der Waals surface area contributed by atoms with Crippen LogP contribution in [0.5, 0.6) is 0 Å². The lowest BCUT2D eigenvalue weighted by atomic mass is 10.1. The van der Waals surface area contributed by atoms with Crippen molar-refractivity contribution < 1.29 is 4.92 Å². The van der Waals surface area contributed by atoms with Crippen LogP contribution in [0.4, 0.5) is 5.69 Å². The summed E-state index contributed by atoms with van der Waals surface area (Å²) in [6.07, 6.45) is 0.607. The van der Waals surface area contributed by atoms with Gasteiger partial charge in [0, 0.05) is 17.5 Å². The zero-order chi connectivity index (χ0) is 15.5. The summed E-state index contributed by atoms with van der Waals surface area (Å²) in [5.74, 6) is 0. The van der Waals surface area contributed by atoms with Crippen molar-refractivity contribution in [1.29, 1.82) is 0 Å². The molecule has 0 radical (unpaired) electrons. The van der Waals surface area contributed by atoms with Crippen molar-refractivity contribution in [2.45, 2.75) is 12.5 Å². The molecule has 0 saturated carbocycles. The fraction of sp³-hybridized carbons (Fsp3) is 0.133. The predicted octanol–water partition coefficient (Wildman–Crippen LogP) is 4.02. The molecule has 3 rings (SSSR count). The summed E-state index contributed by atoms with van der Waals surface area (Å²) in [4.78, 5) is 16.0. The molecule has 2 heterocycles. The topological polar surface area (TPSA) is 82.0 Å². The third-order valence-corrected chi connectivity index (χ3v) is 5.08. The molecule has 0 bridgehead atoms. The second kappa shape index (κ2) is 6.35. The Hall–Kier alpha value is -2.09. The van der Waals surface area contributed by atoms with E-state index >= 15 is 0 Å². The normalized spacial score (nSPS) is 12.2. The summed E-state index contributed by atoms with van der Waals surface area (Å²) in [6, 6.07) is 10.3. The van der Waals surface area contributed by atoms with Crippen LogP contribution in [0.3, 0.4) is 0 Å². The third-order valence-electron chi connectivity index (χ3n) is 3.22. The first-order valence-electron chi connectivity index (χ1n) is 6.61. The smallest absolute Gasteiger partial charge is 0.269 e. The molecular formula is C15H13N3O2S2. The van der Waals surface area contributed by atoms with Crippen LogP contribution in [0.15, 0.2) is 47.2 Å². The highest BCUT2D eigenvalue weighted by atomic mass is 32.1. The highest BCUT2D eigenvalue weighted by Crippen LogP contribution is 2.29. The SMILES string of the molecule is NC(Cc1ccc([N+](=O)[O-])cc1)c1nc(-c2cccs2)cs1. The van der Waals surface area contributed by atoms with Gasteiger partial charge < -0.3 is 5.73 Å². The second-order valence-electron chi connectivity index (χ2n) is 4.78. The number of non-ortho nitro benzene ring substituents is 1. The van der Waals surface area contributed by atoms with Gasteiger partial charge in [0.05, 0.1) is 21.5 Å².